The molecule has 31 heavy (non-hydrogen) atoms. The number of methoxy groups -OCH3 is 3. The lowest BCUT2D eigenvalue weighted by molar-refractivity contribution is -0.163. The average molecular weight is 422 g/mol. The van der Waals surface area contributed by atoms with Crippen LogP contribution in [0.2, 0.25) is 0 Å². The van der Waals surface area contributed by atoms with Crippen molar-refractivity contribution in [3.8, 4) is 5.75 Å². The van der Waals surface area contributed by atoms with Gasteiger partial charge in [0, 0.05) is 11.5 Å². The fraction of sp³-hybridized carbons (Fsp3) is 0.320. The second-order valence-electron chi connectivity index (χ2n) is 7.80. The standard InChI is InChI=1S/C25H26O6/c1-16-6-11-18(12-7-16)21(26)24(2)20(25(24,22(27)30-4)23(28)31-5)15-10-17-8-13-19(29-3)14-9-17/h6-15,20H,1-5H3. The summed E-state index contributed by atoms with van der Waals surface area (Å²) >= 11 is 0. The lowest BCUT2D eigenvalue weighted by Crippen LogP contribution is -2.36. The molecule has 6 heteroatoms. The molecule has 2 atom stereocenters. The van der Waals surface area contributed by atoms with Crippen molar-refractivity contribution in [3.05, 3.63) is 71.3 Å². The van der Waals surface area contributed by atoms with Crippen molar-refractivity contribution in [1.29, 1.82) is 0 Å². The zero-order chi connectivity index (χ0) is 22.8. The molecule has 162 valence electrons. The van der Waals surface area contributed by atoms with Gasteiger partial charge in [-0.3, -0.25) is 14.4 Å². The first-order valence-corrected chi connectivity index (χ1v) is 9.87. The molecule has 6 nitrogen and oxygen atoms in total. The van der Waals surface area contributed by atoms with Crippen LogP contribution < -0.4 is 4.74 Å². The van der Waals surface area contributed by atoms with Gasteiger partial charge in [0.1, 0.15) is 5.75 Å². The molecule has 2 unspecified atom stereocenters. The number of benzene rings is 2. The van der Waals surface area contributed by atoms with Gasteiger partial charge in [0.2, 0.25) is 0 Å². The fourth-order valence-electron chi connectivity index (χ4n) is 4.32. The Hall–Kier alpha value is -3.41. The van der Waals surface area contributed by atoms with Crippen LogP contribution in [0.1, 0.15) is 28.4 Å². The van der Waals surface area contributed by atoms with Gasteiger partial charge in [0.25, 0.3) is 0 Å². The molecule has 1 aliphatic rings. The Labute approximate surface area is 181 Å². The van der Waals surface area contributed by atoms with E-state index in [9.17, 15) is 14.4 Å². The van der Waals surface area contributed by atoms with Crippen molar-refractivity contribution in [2.75, 3.05) is 21.3 Å². The molecule has 0 aromatic heterocycles. The van der Waals surface area contributed by atoms with Crippen LogP contribution in [0.5, 0.6) is 5.75 Å². The Bertz CT molecular complexity index is 1000. The molecular weight excluding hydrogens is 396 g/mol. The molecule has 0 heterocycles. The number of ketones is 1. The first-order chi connectivity index (χ1) is 14.8. The van der Waals surface area contributed by atoms with Gasteiger partial charge in [0.15, 0.2) is 11.2 Å². The number of esters is 2. The van der Waals surface area contributed by atoms with E-state index in [4.69, 9.17) is 14.2 Å². The fourth-order valence-corrected chi connectivity index (χ4v) is 4.32. The van der Waals surface area contributed by atoms with E-state index in [0.29, 0.717) is 11.3 Å². The predicted octanol–water partition coefficient (Wildman–Crippen LogP) is 3.87. The summed E-state index contributed by atoms with van der Waals surface area (Å²) in [7, 11) is 3.98. The first-order valence-electron chi connectivity index (χ1n) is 9.87. The Morgan fingerprint density at radius 3 is 1.90 bits per heavy atom. The molecule has 1 fully saturated rings. The maximum Gasteiger partial charge on any atom is 0.324 e. The molecule has 2 aromatic rings. The van der Waals surface area contributed by atoms with Gasteiger partial charge in [0.05, 0.1) is 26.7 Å². The lowest BCUT2D eigenvalue weighted by Gasteiger charge is -2.17. The Balaban J connectivity index is 2.06. The normalized spacial score (nSPS) is 21.4. The Morgan fingerprint density at radius 1 is 0.871 bits per heavy atom. The second kappa shape index (κ2) is 8.38. The number of aryl methyl sites for hydroxylation is 1. The summed E-state index contributed by atoms with van der Waals surface area (Å²) in [4.78, 5) is 39.3. The van der Waals surface area contributed by atoms with Crippen molar-refractivity contribution in [3.63, 3.8) is 0 Å². The largest absolute Gasteiger partial charge is 0.497 e. The van der Waals surface area contributed by atoms with E-state index >= 15 is 0 Å². The molecule has 0 N–H and O–H groups in total. The maximum absolute atomic E-state index is 13.5. The zero-order valence-electron chi connectivity index (χ0n) is 18.3. The van der Waals surface area contributed by atoms with E-state index in [1.165, 1.54) is 14.2 Å². The highest BCUT2D eigenvalue weighted by atomic mass is 16.5. The summed E-state index contributed by atoms with van der Waals surface area (Å²) in [6.07, 6.45) is 3.49. The number of hydrogen-bond acceptors (Lipinski definition) is 6. The number of allylic oxidation sites excluding steroid dienone is 1. The van der Waals surface area contributed by atoms with Crippen LogP contribution in [-0.4, -0.2) is 39.1 Å². The number of ether oxygens (including phenoxy) is 3. The Morgan fingerprint density at radius 2 is 1.42 bits per heavy atom. The van der Waals surface area contributed by atoms with Crippen molar-refractivity contribution in [1.82, 2.24) is 0 Å². The van der Waals surface area contributed by atoms with E-state index < -0.39 is 28.7 Å². The third kappa shape index (κ3) is 3.42. The summed E-state index contributed by atoms with van der Waals surface area (Å²) in [6.45, 7) is 3.53. The summed E-state index contributed by atoms with van der Waals surface area (Å²) in [5, 5.41) is 0. The minimum absolute atomic E-state index is 0.312. The van der Waals surface area contributed by atoms with Crippen molar-refractivity contribution < 1.29 is 28.6 Å². The predicted molar refractivity (Wildman–Crippen MR) is 116 cm³/mol. The minimum Gasteiger partial charge on any atom is -0.497 e. The molecule has 0 aliphatic heterocycles. The number of hydrogen-bond donors (Lipinski definition) is 0. The van der Waals surface area contributed by atoms with E-state index in [0.717, 1.165) is 11.1 Å². The highest BCUT2D eigenvalue weighted by Gasteiger charge is 2.86. The summed E-state index contributed by atoms with van der Waals surface area (Å²) < 4.78 is 15.1. The molecule has 0 bridgehead atoms. The summed E-state index contributed by atoms with van der Waals surface area (Å²) in [5.41, 5.74) is -0.833. The highest BCUT2D eigenvalue weighted by Crippen LogP contribution is 2.72. The second-order valence-corrected chi connectivity index (χ2v) is 7.80. The molecule has 0 radical (unpaired) electrons. The van der Waals surface area contributed by atoms with Gasteiger partial charge in [-0.2, -0.15) is 0 Å². The number of carbonyl (C=O) groups is 3. The van der Waals surface area contributed by atoms with Crippen molar-refractivity contribution >= 4 is 23.8 Å². The van der Waals surface area contributed by atoms with Crippen LogP contribution in [0.4, 0.5) is 0 Å². The van der Waals surface area contributed by atoms with Gasteiger partial charge in [-0.05, 0) is 31.5 Å². The van der Waals surface area contributed by atoms with Crippen LogP contribution >= 0.6 is 0 Å². The number of carbonyl (C=O) groups excluding carboxylic acids is 3. The minimum atomic E-state index is -1.75. The number of Topliss-reactive ketones (excluding diaryl/α,β-unsaturated/α-hetero) is 1. The van der Waals surface area contributed by atoms with E-state index in [-0.39, 0.29) is 5.78 Å². The Kier molecular flexibility index (Phi) is 6.02. The van der Waals surface area contributed by atoms with Crippen LogP contribution in [0, 0.1) is 23.7 Å². The lowest BCUT2D eigenvalue weighted by atomic mass is 9.86. The van der Waals surface area contributed by atoms with Gasteiger partial charge >= 0.3 is 11.9 Å². The van der Waals surface area contributed by atoms with Crippen molar-refractivity contribution in [2.45, 2.75) is 13.8 Å². The molecule has 3 rings (SSSR count). The monoisotopic (exact) mass is 422 g/mol. The summed E-state index contributed by atoms with van der Waals surface area (Å²) in [5.74, 6) is -1.90. The van der Waals surface area contributed by atoms with Crippen LogP contribution in [0.25, 0.3) is 6.08 Å². The van der Waals surface area contributed by atoms with E-state index in [1.807, 2.05) is 31.2 Å². The van der Waals surface area contributed by atoms with Gasteiger partial charge < -0.3 is 14.2 Å². The molecular formula is C25H26O6. The molecule has 1 saturated carbocycles. The topological polar surface area (TPSA) is 78.9 Å². The van der Waals surface area contributed by atoms with Crippen LogP contribution in [0.15, 0.2) is 54.6 Å². The van der Waals surface area contributed by atoms with Crippen LogP contribution in [-0.2, 0) is 19.1 Å². The van der Waals surface area contributed by atoms with Crippen molar-refractivity contribution in [2.24, 2.45) is 16.7 Å². The molecule has 0 amide bonds. The number of rotatable bonds is 7. The summed E-state index contributed by atoms with van der Waals surface area (Å²) in [6, 6.07) is 14.3. The van der Waals surface area contributed by atoms with Gasteiger partial charge in [-0.15, -0.1) is 0 Å². The van der Waals surface area contributed by atoms with E-state index in [1.54, 1.807) is 50.5 Å². The first kappa shape index (κ1) is 22.3. The smallest absolute Gasteiger partial charge is 0.324 e. The van der Waals surface area contributed by atoms with E-state index in [2.05, 4.69) is 0 Å². The molecule has 0 saturated heterocycles. The highest BCUT2D eigenvalue weighted by molar-refractivity contribution is 6.17. The van der Waals surface area contributed by atoms with Gasteiger partial charge in [-0.1, -0.05) is 54.1 Å². The SMILES string of the molecule is COC(=O)C1(C(=O)OC)C(C=Cc2ccc(OC)cc2)C1(C)C(=O)c1ccc(C)cc1. The molecule has 2 aromatic carbocycles. The van der Waals surface area contributed by atoms with Gasteiger partial charge in [-0.25, -0.2) is 0 Å². The third-order valence-electron chi connectivity index (χ3n) is 6.22. The maximum atomic E-state index is 13.5. The molecule has 0 spiro atoms. The zero-order valence-corrected chi connectivity index (χ0v) is 18.3. The van der Waals surface area contributed by atoms with Crippen LogP contribution in [0.3, 0.4) is 0 Å². The molecule has 1 aliphatic carbocycles. The average Bonchev–Trinajstić information content (AvgIpc) is 3.37. The quantitative estimate of drug-likeness (QED) is 0.383. The third-order valence-corrected chi connectivity index (χ3v) is 6.22.